The molecule has 3 aromatic rings. The summed E-state index contributed by atoms with van der Waals surface area (Å²) in [7, 11) is -1.73. The maximum atomic E-state index is 13.2. The maximum absolute atomic E-state index is 13.2. The van der Waals surface area contributed by atoms with Gasteiger partial charge in [0, 0.05) is 44.0 Å². The molecule has 1 saturated heterocycles. The van der Waals surface area contributed by atoms with Crippen molar-refractivity contribution in [1.29, 1.82) is 5.26 Å². The van der Waals surface area contributed by atoms with E-state index in [1.165, 1.54) is 17.1 Å². The summed E-state index contributed by atoms with van der Waals surface area (Å²) < 4.78 is 29.7. The molecule has 0 unspecified atom stereocenters. The zero-order valence-electron chi connectivity index (χ0n) is 20.3. The molecule has 1 aliphatic heterocycles. The van der Waals surface area contributed by atoms with Gasteiger partial charge in [-0.3, -0.25) is 4.68 Å². The van der Waals surface area contributed by atoms with Crippen molar-refractivity contribution in [2.75, 3.05) is 23.7 Å². The Hall–Kier alpha value is -3.49. The van der Waals surface area contributed by atoms with E-state index in [4.69, 9.17) is 0 Å². The van der Waals surface area contributed by atoms with Gasteiger partial charge in [0.2, 0.25) is 16.0 Å². The van der Waals surface area contributed by atoms with Crippen LogP contribution in [0.25, 0.3) is 11.1 Å². The van der Waals surface area contributed by atoms with Gasteiger partial charge in [-0.2, -0.15) is 19.6 Å². The van der Waals surface area contributed by atoms with E-state index in [-0.39, 0.29) is 6.04 Å². The molecule has 1 aromatic carbocycles. The van der Waals surface area contributed by atoms with Crippen molar-refractivity contribution in [3.8, 4) is 17.2 Å². The third-order valence-corrected chi connectivity index (χ3v) is 8.84. The van der Waals surface area contributed by atoms with Crippen LogP contribution in [-0.2, 0) is 17.1 Å². The van der Waals surface area contributed by atoms with Gasteiger partial charge in [-0.25, -0.2) is 13.4 Å². The van der Waals surface area contributed by atoms with E-state index >= 15 is 0 Å². The summed E-state index contributed by atoms with van der Waals surface area (Å²) in [5, 5.41) is 20.3. The summed E-state index contributed by atoms with van der Waals surface area (Å²) in [5.41, 5.74) is 2.30. The second-order valence-electron chi connectivity index (χ2n) is 9.44. The maximum Gasteiger partial charge on any atom is 0.243 e. The summed E-state index contributed by atoms with van der Waals surface area (Å²) >= 11 is 0. The lowest BCUT2D eigenvalue weighted by Crippen LogP contribution is -2.42. The smallest absolute Gasteiger partial charge is 0.243 e. The molecular formula is C25H30N8O2S. The Bertz CT molecular complexity index is 1350. The van der Waals surface area contributed by atoms with Crippen molar-refractivity contribution >= 4 is 21.8 Å². The second kappa shape index (κ2) is 10.2. The zero-order valence-corrected chi connectivity index (χ0v) is 21.1. The fraction of sp³-hybridized carbons (Fsp3) is 0.440. The van der Waals surface area contributed by atoms with Crippen LogP contribution in [0.4, 0.5) is 11.8 Å². The van der Waals surface area contributed by atoms with E-state index in [1.54, 1.807) is 29.2 Å². The monoisotopic (exact) mass is 506 g/mol. The van der Waals surface area contributed by atoms with E-state index in [0.717, 1.165) is 24.0 Å². The normalized spacial score (nSPS) is 17.7. The lowest BCUT2D eigenvalue weighted by Gasteiger charge is -2.31. The predicted octanol–water partition coefficient (Wildman–Crippen LogP) is 3.37. The predicted molar refractivity (Wildman–Crippen MR) is 137 cm³/mol. The van der Waals surface area contributed by atoms with Crippen molar-refractivity contribution < 1.29 is 8.42 Å². The molecule has 0 spiro atoms. The number of nitrogens with zero attached hydrogens (tertiary/aromatic N) is 6. The number of aryl methyl sites for hydroxylation is 1. The van der Waals surface area contributed by atoms with Crippen LogP contribution < -0.4 is 10.6 Å². The van der Waals surface area contributed by atoms with Crippen LogP contribution in [0.2, 0.25) is 0 Å². The van der Waals surface area contributed by atoms with Crippen LogP contribution in [0.15, 0.2) is 47.8 Å². The van der Waals surface area contributed by atoms with Crippen molar-refractivity contribution in [2.24, 2.45) is 7.05 Å². The highest BCUT2D eigenvalue weighted by atomic mass is 32.2. The Kier molecular flexibility index (Phi) is 6.89. The average Bonchev–Trinajstić information content (AvgIpc) is 3.56. The molecule has 11 heteroatoms. The van der Waals surface area contributed by atoms with Crippen molar-refractivity contribution in [1.82, 2.24) is 24.1 Å². The first kappa shape index (κ1) is 24.2. The van der Waals surface area contributed by atoms with Gasteiger partial charge in [0.05, 0.1) is 17.3 Å². The summed E-state index contributed by atoms with van der Waals surface area (Å²) in [5.74, 6) is 1.03. The second-order valence-corrected chi connectivity index (χ2v) is 11.4. The van der Waals surface area contributed by atoms with E-state index < -0.39 is 10.0 Å². The molecule has 188 valence electrons. The molecule has 36 heavy (non-hydrogen) atoms. The molecule has 3 heterocycles. The minimum atomic E-state index is -3.57. The molecule has 0 bridgehead atoms. The minimum Gasteiger partial charge on any atom is -0.366 e. The van der Waals surface area contributed by atoms with Gasteiger partial charge in [0.25, 0.3) is 0 Å². The first-order chi connectivity index (χ1) is 17.4. The third kappa shape index (κ3) is 5.20. The Labute approximate surface area is 211 Å². The Balaban J connectivity index is 1.20. The Morgan fingerprint density at radius 1 is 0.972 bits per heavy atom. The molecule has 10 nitrogen and oxygen atoms in total. The van der Waals surface area contributed by atoms with Crippen LogP contribution in [-0.4, -0.2) is 57.6 Å². The Morgan fingerprint density at radius 3 is 2.31 bits per heavy atom. The molecule has 0 radical (unpaired) electrons. The number of benzene rings is 1. The number of anilines is 2. The number of nitriles is 1. The highest BCUT2D eigenvalue weighted by Crippen LogP contribution is 2.26. The van der Waals surface area contributed by atoms with Crippen LogP contribution in [0.1, 0.15) is 44.1 Å². The summed E-state index contributed by atoms with van der Waals surface area (Å²) in [6.45, 7) is 0.821. The standard InChI is InChI=1S/C25H30N8O2S/c1-32-17-20(16-28-32)18-6-8-23(9-7-18)36(34,35)33-12-10-22(11-13-33)30-25-27-15-19(14-26)24(31-25)29-21-4-2-3-5-21/h6-9,15-17,21-22H,2-5,10-13H2,1H3,(H2,27,29,30,31). The van der Waals surface area contributed by atoms with E-state index in [0.29, 0.717) is 54.2 Å². The number of sulfonamides is 1. The van der Waals surface area contributed by atoms with E-state index in [1.807, 2.05) is 25.4 Å². The zero-order chi connectivity index (χ0) is 25.1. The first-order valence-corrected chi connectivity index (χ1v) is 13.8. The Morgan fingerprint density at radius 2 is 1.67 bits per heavy atom. The summed E-state index contributed by atoms with van der Waals surface area (Å²) in [4.78, 5) is 9.16. The highest BCUT2D eigenvalue weighted by Gasteiger charge is 2.30. The number of aromatic nitrogens is 4. The fourth-order valence-corrected chi connectivity index (χ4v) is 6.34. The van der Waals surface area contributed by atoms with Gasteiger partial charge in [-0.1, -0.05) is 25.0 Å². The molecule has 0 atom stereocenters. The molecule has 2 fully saturated rings. The van der Waals surface area contributed by atoms with Gasteiger partial charge in [0.15, 0.2) is 0 Å². The quantitative estimate of drug-likeness (QED) is 0.499. The van der Waals surface area contributed by atoms with Crippen LogP contribution in [0.3, 0.4) is 0 Å². The first-order valence-electron chi connectivity index (χ1n) is 12.3. The molecule has 5 rings (SSSR count). The number of rotatable bonds is 7. The number of hydrogen-bond donors (Lipinski definition) is 2. The van der Waals surface area contributed by atoms with E-state index in [2.05, 4.69) is 31.8 Å². The topological polar surface area (TPSA) is 129 Å². The lowest BCUT2D eigenvalue weighted by atomic mass is 10.1. The van der Waals surface area contributed by atoms with Gasteiger partial charge in [-0.05, 0) is 43.4 Å². The van der Waals surface area contributed by atoms with E-state index in [9.17, 15) is 13.7 Å². The number of hydrogen-bond acceptors (Lipinski definition) is 8. The van der Waals surface area contributed by atoms with Gasteiger partial charge in [-0.15, -0.1) is 0 Å². The van der Waals surface area contributed by atoms with Crippen molar-refractivity contribution in [3.05, 3.63) is 48.4 Å². The molecule has 1 aliphatic carbocycles. The molecule has 2 N–H and O–H groups in total. The molecule has 2 aliphatic rings. The van der Waals surface area contributed by atoms with Crippen molar-refractivity contribution in [3.63, 3.8) is 0 Å². The molecule has 1 saturated carbocycles. The SMILES string of the molecule is Cn1cc(-c2ccc(S(=O)(=O)N3CCC(Nc4ncc(C#N)c(NC5CCCC5)n4)CC3)cc2)cn1. The van der Waals surface area contributed by atoms with Gasteiger partial charge < -0.3 is 10.6 Å². The van der Waals surface area contributed by atoms with Crippen molar-refractivity contribution in [2.45, 2.75) is 55.5 Å². The fourth-order valence-electron chi connectivity index (χ4n) is 4.87. The van der Waals surface area contributed by atoms with Crippen LogP contribution in [0, 0.1) is 11.3 Å². The van der Waals surface area contributed by atoms with Gasteiger partial charge >= 0.3 is 0 Å². The highest BCUT2D eigenvalue weighted by molar-refractivity contribution is 7.89. The third-order valence-electron chi connectivity index (χ3n) is 6.92. The molecular weight excluding hydrogens is 476 g/mol. The largest absolute Gasteiger partial charge is 0.366 e. The summed E-state index contributed by atoms with van der Waals surface area (Å²) in [6.07, 6.45) is 11.0. The average molecular weight is 507 g/mol. The number of nitrogens with one attached hydrogen (secondary N) is 2. The molecule has 2 aromatic heterocycles. The van der Waals surface area contributed by atoms with Crippen LogP contribution in [0.5, 0.6) is 0 Å². The van der Waals surface area contributed by atoms with Gasteiger partial charge in [0.1, 0.15) is 17.5 Å². The number of piperidine rings is 1. The minimum absolute atomic E-state index is 0.0525. The van der Waals surface area contributed by atoms with Crippen LogP contribution >= 0.6 is 0 Å². The summed E-state index contributed by atoms with van der Waals surface area (Å²) in [6, 6.07) is 9.50. The lowest BCUT2D eigenvalue weighted by molar-refractivity contribution is 0.329. The molecule has 0 amide bonds.